The molecule has 4 heterocycles. The van der Waals surface area contributed by atoms with Crippen LogP contribution in [0.3, 0.4) is 0 Å². The van der Waals surface area contributed by atoms with Gasteiger partial charge in [0, 0.05) is 30.4 Å². The zero-order valence-corrected chi connectivity index (χ0v) is 16.5. The molecule has 4 aromatic rings. The Bertz CT molecular complexity index is 1290. The molecule has 2 atom stereocenters. The Morgan fingerprint density at radius 1 is 1.13 bits per heavy atom. The summed E-state index contributed by atoms with van der Waals surface area (Å²) in [6.07, 6.45) is 4.24. The minimum Gasteiger partial charge on any atom is -0.497 e. The van der Waals surface area contributed by atoms with Gasteiger partial charge in [0.1, 0.15) is 29.1 Å². The maximum absolute atomic E-state index is 15.7. The summed E-state index contributed by atoms with van der Waals surface area (Å²) in [7, 11) is 1.63. The van der Waals surface area contributed by atoms with E-state index in [9.17, 15) is 0 Å². The quantitative estimate of drug-likeness (QED) is 0.567. The van der Waals surface area contributed by atoms with Gasteiger partial charge in [-0.15, -0.1) is 0 Å². The number of hydrogen-bond acceptors (Lipinski definition) is 6. The summed E-state index contributed by atoms with van der Waals surface area (Å²) in [5.74, 6) is 1.12. The molecule has 0 aliphatic carbocycles. The molecule has 0 unspecified atom stereocenters. The molecule has 0 saturated carbocycles. The Morgan fingerprint density at radius 2 is 2.07 bits per heavy atom. The normalized spacial score (nSPS) is 20.4. The Morgan fingerprint density at radius 3 is 2.93 bits per heavy atom. The zero-order chi connectivity index (χ0) is 20.2. The topological polar surface area (TPSA) is 63.2 Å². The second-order valence-electron chi connectivity index (χ2n) is 7.84. The number of hydrogen-bond donors (Lipinski definition) is 1. The molecule has 2 fully saturated rings. The first-order valence-corrected chi connectivity index (χ1v) is 10.1. The van der Waals surface area contributed by atoms with E-state index in [1.807, 2.05) is 36.4 Å². The lowest BCUT2D eigenvalue weighted by Crippen LogP contribution is -2.61. The van der Waals surface area contributed by atoms with E-state index in [4.69, 9.17) is 4.74 Å². The summed E-state index contributed by atoms with van der Waals surface area (Å²) in [5, 5.41) is 6.03. The summed E-state index contributed by atoms with van der Waals surface area (Å²) in [5.41, 5.74) is 1.34. The number of methoxy groups -OCH3 is 1. The number of rotatable bonds is 3. The fourth-order valence-corrected chi connectivity index (χ4v) is 4.76. The molecule has 2 aromatic heterocycles. The highest BCUT2D eigenvalue weighted by Crippen LogP contribution is 2.37. The maximum Gasteiger partial charge on any atom is 0.175 e. The fourth-order valence-electron chi connectivity index (χ4n) is 4.76. The van der Waals surface area contributed by atoms with Crippen molar-refractivity contribution in [3.8, 4) is 17.0 Å². The standard InChI is InChI=1S/C23H20FN5O/c1-30-14-5-6-15-13(9-14)3-2-4-16(15)21-20(24)22-17(10-26-21)23(28-12-27-22)29-11-18-19(29)7-8-25-18/h2-6,9-10,12,18-19,25H,7-8,11H2,1H3/t18-,19-/m1/s1. The Balaban J connectivity index is 1.49. The molecule has 7 heteroatoms. The van der Waals surface area contributed by atoms with Crippen molar-refractivity contribution >= 4 is 27.5 Å². The van der Waals surface area contributed by atoms with Crippen LogP contribution in [-0.2, 0) is 0 Å². The van der Waals surface area contributed by atoms with E-state index in [1.54, 1.807) is 13.3 Å². The summed E-state index contributed by atoms with van der Waals surface area (Å²) < 4.78 is 21.0. The van der Waals surface area contributed by atoms with Crippen molar-refractivity contribution in [3.63, 3.8) is 0 Å². The molecule has 150 valence electrons. The van der Waals surface area contributed by atoms with E-state index in [2.05, 4.69) is 25.2 Å². The fraction of sp³-hybridized carbons (Fsp3) is 0.261. The third-order valence-electron chi connectivity index (χ3n) is 6.32. The first kappa shape index (κ1) is 17.5. The van der Waals surface area contributed by atoms with Crippen LogP contribution in [0.2, 0.25) is 0 Å². The molecule has 2 saturated heterocycles. The predicted molar refractivity (Wildman–Crippen MR) is 114 cm³/mol. The summed E-state index contributed by atoms with van der Waals surface area (Å²) in [6, 6.07) is 12.4. The van der Waals surface area contributed by atoms with Gasteiger partial charge in [0.15, 0.2) is 5.82 Å². The molecular formula is C23H20FN5O. The van der Waals surface area contributed by atoms with Gasteiger partial charge in [-0.2, -0.15) is 0 Å². The van der Waals surface area contributed by atoms with Crippen molar-refractivity contribution in [1.82, 2.24) is 20.3 Å². The number of halogens is 1. The van der Waals surface area contributed by atoms with Crippen LogP contribution in [-0.4, -0.2) is 47.2 Å². The van der Waals surface area contributed by atoms with Crippen molar-refractivity contribution in [1.29, 1.82) is 0 Å². The van der Waals surface area contributed by atoms with Crippen LogP contribution in [0.1, 0.15) is 6.42 Å². The third kappa shape index (κ3) is 2.48. The number of nitrogens with one attached hydrogen (secondary N) is 1. The molecule has 2 aromatic carbocycles. The zero-order valence-electron chi connectivity index (χ0n) is 16.5. The van der Waals surface area contributed by atoms with Gasteiger partial charge in [0.2, 0.25) is 0 Å². The van der Waals surface area contributed by atoms with Crippen molar-refractivity contribution < 1.29 is 9.13 Å². The highest BCUT2D eigenvalue weighted by molar-refractivity contribution is 5.99. The molecule has 6 rings (SSSR count). The van der Waals surface area contributed by atoms with Crippen LogP contribution < -0.4 is 15.0 Å². The smallest absolute Gasteiger partial charge is 0.175 e. The van der Waals surface area contributed by atoms with Gasteiger partial charge in [-0.3, -0.25) is 4.98 Å². The van der Waals surface area contributed by atoms with Crippen LogP contribution in [0.4, 0.5) is 10.2 Å². The number of fused-ring (bicyclic) bond motifs is 3. The number of ether oxygens (including phenoxy) is 1. The lowest BCUT2D eigenvalue weighted by Gasteiger charge is -2.45. The van der Waals surface area contributed by atoms with Crippen LogP contribution in [0.25, 0.3) is 32.9 Å². The Hall–Kier alpha value is -3.32. The lowest BCUT2D eigenvalue weighted by molar-refractivity contribution is 0.394. The van der Waals surface area contributed by atoms with E-state index in [0.717, 1.165) is 47.4 Å². The van der Waals surface area contributed by atoms with E-state index < -0.39 is 5.82 Å². The van der Waals surface area contributed by atoms with E-state index in [0.29, 0.717) is 28.7 Å². The molecule has 0 spiro atoms. The molecule has 1 N–H and O–H groups in total. The average molecular weight is 401 g/mol. The van der Waals surface area contributed by atoms with Crippen molar-refractivity contribution in [2.45, 2.75) is 18.5 Å². The highest BCUT2D eigenvalue weighted by atomic mass is 19.1. The van der Waals surface area contributed by atoms with Gasteiger partial charge in [0.05, 0.1) is 12.5 Å². The van der Waals surface area contributed by atoms with Gasteiger partial charge >= 0.3 is 0 Å². The van der Waals surface area contributed by atoms with Gasteiger partial charge in [-0.1, -0.05) is 24.3 Å². The highest BCUT2D eigenvalue weighted by Gasteiger charge is 2.43. The van der Waals surface area contributed by atoms with E-state index >= 15 is 4.39 Å². The number of nitrogens with zero attached hydrogens (tertiary/aromatic N) is 4. The lowest BCUT2D eigenvalue weighted by atomic mass is 9.97. The number of benzene rings is 2. The molecule has 0 radical (unpaired) electrons. The second-order valence-corrected chi connectivity index (χ2v) is 7.84. The van der Waals surface area contributed by atoms with E-state index in [1.165, 1.54) is 6.33 Å². The average Bonchev–Trinajstić information content (AvgIpc) is 3.14. The van der Waals surface area contributed by atoms with Crippen molar-refractivity contribution in [3.05, 3.63) is 54.7 Å². The van der Waals surface area contributed by atoms with Crippen LogP contribution >= 0.6 is 0 Å². The monoisotopic (exact) mass is 401 g/mol. The predicted octanol–water partition coefficient (Wildman–Crippen LogP) is 3.54. The van der Waals surface area contributed by atoms with Crippen LogP contribution in [0, 0.1) is 5.82 Å². The van der Waals surface area contributed by atoms with Crippen molar-refractivity contribution in [2.24, 2.45) is 0 Å². The molecule has 30 heavy (non-hydrogen) atoms. The van der Waals surface area contributed by atoms with Gasteiger partial charge in [-0.25, -0.2) is 14.4 Å². The van der Waals surface area contributed by atoms with E-state index in [-0.39, 0.29) is 0 Å². The minimum atomic E-state index is -0.416. The largest absolute Gasteiger partial charge is 0.497 e. The third-order valence-corrected chi connectivity index (χ3v) is 6.32. The molecule has 6 nitrogen and oxygen atoms in total. The Kier molecular flexibility index (Phi) is 3.86. The van der Waals surface area contributed by atoms with Crippen LogP contribution in [0.5, 0.6) is 5.75 Å². The number of anilines is 1. The number of aromatic nitrogens is 3. The SMILES string of the molecule is COc1ccc2c(-c3ncc4c(N5C[C@H]6NCC[C@H]65)ncnc4c3F)cccc2c1. The van der Waals surface area contributed by atoms with Crippen LogP contribution in [0.15, 0.2) is 48.9 Å². The molecule has 2 aliphatic heterocycles. The summed E-state index contributed by atoms with van der Waals surface area (Å²) in [6.45, 7) is 1.89. The Labute approximate surface area is 172 Å². The minimum absolute atomic E-state index is 0.298. The van der Waals surface area contributed by atoms with Gasteiger partial charge in [-0.05, 0) is 35.9 Å². The summed E-state index contributed by atoms with van der Waals surface area (Å²) in [4.78, 5) is 15.5. The molecule has 0 amide bonds. The number of pyridine rings is 1. The second kappa shape index (κ2) is 6.60. The molecule has 0 bridgehead atoms. The maximum atomic E-state index is 15.7. The molecule has 2 aliphatic rings. The summed E-state index contributed by atoms with van der Waals surface area (Å²) >= 11 is 0. The van der Waals surface area contributed by atoms with Gasteiger partial charge in [0.25, 0.3) is 0 Å². The van der Waals surface area contributed by atoms with Gasteiger partial charge < -0.3 is 15.0 Å². The first-order chi connectivity index (χ1) is 14.7. The molecular weight excluding hydrogens is 381 g/mol. The first-order valence-electron chi connectivity index (χ1n) is 10.1. The van der Waals surface area contributed by atoms with Crippen molar-refractivity contribution in [2.75, 3.05) is 25.1 Å².